The van der Waals surface area contributed by atoms with Gasteiger partial charge in [0.05, 0.1) is 10.7 Å². The fraction of sp³-hybridized carbons (Fsp3) is 0.385. The van der Waals surface area contributed by atoms with Gasteiger partial charge in [-0.1, -0.05) is 30.7 Å². The number of urea groups is 1. The van der Waals surface area contributed by atoms with E-state index in [4.69, 9.17) is 16.7 Å². The Balaban J connectivity index is 2.85. The minimum absolute atomic E-state index is 0.334. The number of nitrogens with one attached hydrogen (secondary N) is 1. The summed E-state index contributed by atoms with van der Waals surface area (Å²) >= 11 is 6.07. The first kappa shape index (κ1) is 15.3. The van der Waals surface area contributed by atoms with Crippen LogP contribution in [-0.4, -0.2) is 35.1 Å². The van der Waals surface area contributed by atoms with Crippen molar-refractivity contribution in [1.29, 1.82) is 0 Å². The Morgan fingerprint density at radius 1 is 1.47 bits per heavy atom. The van der Waals surface area contributed by atoms with E-state index in [1.165, 1.54) is 7.05 Å². The second kappa shape index (κ2) is 6.43. The molecule has 6 heteroatoms. The van der Waals surface area contributed by atoms with Crippen molar-refractivity contribution in [2.24, 2.45) is 0 Å². The highest BCUT2D eigenvalue weighted by atomic mass is 35.5. The number of aliphatic carboxylic acids is 1. The predicted octanol–water partition coefficient (Wildman–Crippen LogP) is 2.98. The first-order valence-corrected chi connectivity index (χ1v) is 6.28. The lowest BCUT2D eigenvalue weighted by atomic mass is 10.2. The van der Waals surface area contributed by atoms with E-state index in [9.17, 15) is 9.59 Å². The van der Waals surface area contributed by atoms with Crippen molar-refractivity contribution < 1.29 is 14.7 Å². The number of carboxylic acid groups (broad SMARTS) is 1. The first-order valence-electron chi connectivity index (χ1n) is 5.90. The minimum Gasteiger partial charge on any atom is -0.480 e. The first-order chi connectivity index (χ1) is 8.88. The summed E-state index contributed by atoms with van der Waals surface area (Å²) in [7, 11) is 1.45. The van der Waals surface area contributed by atoms with Crippen molar-refractivity contribution >= 4 is 29.3 Å². The molecule has 0 heterocycles. The molecule has 1 unspecified atom stereocenters. The molecule has 0 bridgehead atoms. The average molecular weight is 285 g/mol. The maximum atomic E-state index is 12.0. The molecule has 2 N–H and O–H groups in total. The highest BCUT2D eigenvalue weighted by Gasteiger charge is 2.25. The van der Waals surface area contributed by atoms with Gasteiger partial charge in [0.1, 0.15) is 6.04 Å². The maximum Gasteiger partial charge on any atom is 0.326 e. The zero-order chi connectivity index (χ0) is 14.6. The van der Waals surface area contributed by atoms with E-state index in [1.54, 1.807) is 19.1 Å². The van der Waals surface area contributed by atoms with Crippen molar-refractivity contribution in [3.63, 3.8) is 0 Å². The summed E-state index contributed by atoms with van der Waals surface area (Å²) in [5.41, 5.74) is 1.31. The van der Waals surface area contributed by atoms with Crippen molar-refractivity contribution in [2.45, 2.75) is 26.3 Å². The largest absolute Gasteiger partial charge is 0.480 e. The number of rotatable bonds is 4. The van der Waals surface area contributed by atoms with Crippen LogP contribution in [-0.2, 0) is 4.79 Å². The molecule has 104 valence electrons. The highest BCUT2D eigenvalue weighted by molar-refractivity contribution is 6.34. The van der Waals surface area contributed by atoms with Gasteiger partial charge in [-0.15, -0.1) is 0 Å². The van der Waals surface area contributed by atoms with Crippen LogP contribution in [0.3, 0.4) is 0 Å². The van der Waals surface area contributed by atoms with Gasteiger partial charge in [0.25, 0.3) is 0 Å². The molecule has 0 aromatic heterocycles. The van der Waals surface area contributed by atoms with Gasteiger partial charge in [-0.05, 0) is 25.0 Å². The van der Waals surface area contributed by atoms with E-state index >= 15 is 0 Å². The van der Waals surface area contributed by atoms with Gasteiger partial charge in [-0.25, -0.2) is 9.59 Å². The number of carbonyl (C=O) groups is 2. The lowest BCUT2D eigenvalue weighted by molar-refractivity contribution is -0.141. The topological polar surface area (TPSA) is 69.6 Å². The fourth-order valence-electron chi connectivity index (χ4n) is 1.70. The third-order valence-corrected chi connectivity index (χ3v) is 3.39. The van der Waals surface area contributed by atoms with E-state index in [-0.39, 0.29) is 0 Å². The lowest BCUT2D eigenvalue weighted by Gasteiger charge is -2.24. The number of aryl methyl sites for hydroxylation is 1. The van der Waals surface area contributed by atoms with Crippen LogP contribution in [0.25, 0.3) is 0 Å². The van der Waals surface area contributed by atoms with Gasteiger partial charge < -0.3 is 15.3 Å². The van der Waals surface area contributed by atoms with E-state index in [2.05, 4.69) is 5.32 Å². The smallest absolute Gasteiger partial charge is 0.326 e. The molecule has 1 rings (SSSR count). The average Bonchev–Trinajstić information content (AvgIpc) is 2.35. The van der Waals surface area contributed by atoms with E-state index in [1.807, 2.05) is 13.0 Å². The standard InChI is InChI=1S/C13H17ClN2O3/c1-4-10(12(17)18)16(3)13(19)15-9-7-5-6-8(2)11(9)14/h5-7,10H,4H2,1-3H3,(H,15,19)(H,17,18). The van der Waals surface area contributed by atoms with Crippen molar-refractivity contribution in [1.82, 2.24) is 4.90 Å². The molecule has 0 fully saturated rings. The van der Waals surface area contributed by atoms with Crippen LogP contribution >= 0.6 is 11.6 Å². The normalized spacial score (nSPS) is 11.8. The Morgan fingerprint density at radius 2 is 2.11 bits per heavy atom. The number of nitrogens with zero attached hydrogens (tertiary/aromatic N) is 1. The van der Waals surface area contributed by atoms with Crippen LogP contribution in [0, 0.1) is 6.92 Å². The molecular formula is C13H17ClN2O3. The Morgan fingerprint density at radius 3 is 2.63 bits per heavy atom. The quantitative estimate of drug-likeness (QED) is 0.893. The van der Waals surface area contributed by atoms with E-state index < -0.39 is 18.0 Å². The summed E-state index contributed by atoms with van der Waals surface area (Å²) in [5.74, 6) is -1.03. The number of hydrogen-bond acceptors (Lipinski definition) is 2. The number of benzene rings is 1. The Hall–Kier alpha value is -1.75. The summed E-state index contributed by atoms with van der Waals surface area (Å²) in [6, 6.07) is 3.91. The zero-order valence-electron chi connectivity index (χ0n) is 11.1. The van der Waals surface area contributed by atoms with Gasteiger partial charge in [-0.3, -0.25) is 0 Å². The third kappa shape index (κ3) is 3.61. The Bertz CT molecular complexity index is 491. The second-order valence-corrected chi connectivity index (χ2v) is 4.62. The van der Waals surface area contributed by atoms with Crippen LogP contribution in [0.5, 0.6) is 0 Å². The van der Waals surface area contributed by atoms with Crippen LogP contribution in [0.4, 0.5) is 10.5 Å². The monoisotopic (exact) mass is 284 g/mol. The summed E-state index contributed by atoms with van der Waals surface area (Å²) in [6.45, 7) is 3.54. The molecule has 2 amide bonds. The molecule has 0 spiro atoms. The molecule has 1 atom stereocenters. The lowest BCUT2D eigenvalue weighted by Crippen LogP contribution is -2.44. The molecule has 19 heavy (non-hydrogen) atoms. The fourth-order valence-corrected chi connectivity index (χ4v) is 1.88. The summed E-state index contributed by atoms with van der Waals surface area (Å²) < 4.78 is 0. The van der Waals surface area contributed by atoms with E-state index in [0.717, 1.165) is 10.5 Å². The number of halogens is 1. The SMILES string of the molecule is CCC(C(=O)O)N(C)C(=O)Nc1cccc(C)c1Cl. The van der Waals surface area contributed by atoms with Gasteiger partial charge >= 0.3 is 12.0 Å². The van der Waals surface area contributed by atoms with Crippen molar-refractivity contribution in [3.8, 4) is 0 Å². The molecule has 1 aromatic rings. The molecule has 0 saturated carbocycles. The van der Waals surface area contributed by atoms with Crippen LogP contribution < -0.4 is 5.32 Å². The molecule has 0 aliphatic carbocycles. The molecule has 0 aliphatic heterocycles. The molecular weight excluding hydrogens is 268 g/mol. The number of amides is 2. The second-order valence-electron chi connectivity index (χ2n) is 4.24. The Labute approximate surface area is 117 Å². The molecule has 5 nitrogen and oxygen atoms in total. The molecule has 0 saturated heterocycles. The Kier molecular flexibility index (Phi) is 5.18. The minimum atomic E-state index is -1.03. The predicted molar refractivity (Wildman–Crippen MR) is 74.7 cm³/mol. The number of hydrogen-bond donors (Lipinski definition) is 2. The van der Waals surface area contributed by atoms with Crippen molar-refractivity contribution in [3.05, 3.63) is 28.8 Å². The summed E-state index contributed by atoms with van der Waals surface area (Å²) in [5, 5.41) is 12.1. The molecule has 1 aromatic carbocycles. The number of carboxylic acids is 1. The van der Waals surface area contributed by atoms with Crippen LogP contribution in [0.1, 0.15) is 18.9 Å². The highest BCUT2D eigenvalue weighted by Crippen LogP contribution is 2.25. The van der Waals surface area contributed by atoms with Gasteiger partial charge in [0.15, 0.2) is 0 Å². The van der Waals surface area contributed by atoms with Gasteiger partial charge in [0, 0.05) is 7.05 Å². The van der Waals surface area contributed by atoms with Crippen molar-refractivity contribution in [2.75, 3.05) is 12.4 Å². The van der Waals surface area contributed by atoms with Gasteiger partial charge in [0.2, 0.25) is 0 Å². The van der Waals surface area contributed by atoms with E-state index in [0.29, 0.717) is 17.1 Å². The number of likely N-dealkylation sites (N-methyl/N-ethyl adjacent to an activating group) is 1. The number of carbonyl (C=O) groups excluding carboxylic acids is 1. The number of anilines is 1. The summed E-state index contributed by atoms with van der Waals surface area (Å²) in [4.78, 5) is 24.1. The third-order valence-electron chi connectivity index (χ3n) is 2.89. The molecule has 0 aliphatic rings. The van der Waals surface area contributed by atoms with Gasteiger partial charge in [-0.2, -0.15) is 0 Å². The van der Waals surface area contributed by atoms with Crippen LogP contribution in [0.2, 0.25) is 5.02 Å². The maximum absolute atomic E-state index is 12.0. The molecule has 0 radical (unpaired) electrons. The zero-order valence-corrected chi connectivity index (χ0v) is 11.9. The summed E-state index contributed by atoms with van der Waals surface area (Å²) in [6.07, 6.45) is 0.334. The van der Waals surface area contributed by atoms with Crippen LogP contribution in [0.15, 0.2) is 18.2 Å².